The van der Waals surface area contributed by atoms with Gasteiger partial charge in [0.05, 0.1) is 24.7 Å². The summed E-state index contributed by atoms with van der Waals surface area (Å²) in [4.78, 5) is 15.1. The number of methoxy groups -OCH3 is 1. The second-order valence-electron chi connectivity index (χ2n) is 7.22. The smallest absolute Gasteiger partial charge is 0.266 e. The van der Waals surface area contributed by atoms with Crippen molar-refractivity contribution in [3.05, 3.63) is 63.5 Å². The van der Waals surface area contributed by atoms with Crippen LogP contribution in [0.15, 0.2) is 47.4 Å². The number of hydrogen-bond acceptors (Lipinski definition) is 6. The van der Waals surface area contributed by atoms with Gasteiger partial charge in [0.1, 0.15) is 10.9 Å². The summed E-state index contributed by atoms with van der Waals surface area (Å²) < 4.78 is 17.6. The van der Waals surface area contributed by atoms with E-state index in [9.17, 15) is 4.79 Å². The van der Waals surface area contributed by atoms with Gasteiger partial charge in [0, 0.05) is 17.2 Å². The van der Waals surface area contributed by atoms with Crippen LogP contribution in [-0.2, 0) is 16.1 Å². The molecular formula is C23H22ClNO4S2. The van der Waals surface area contributed by atoms with Gasteiger partial charge in [-0.15, -0.1) is 0 Å². The van der Waals surface area contributed by atoms with Gasteiger partial charge < -0.3 is 14.2 Å². The number of rotatable bonds is 7. The third-order valence-corrected chi connectivity index (χ3v) is 6.86. The monoisotopic (exact) mass is 475 g/mol. The molecule has 0 bridgehead atoms. The molecule has 0 radical (unpaired) electrons. The summed E-state index contributed by atoms with van der Waals surface area (Å²) in [6.45, 7) is 1.59. The van der Waals surface area contributed by atoms with E-state index < -0.39 is 0 Å². The molecule has 2 aliphatic rings. The molecular weight excluding hydrogens is 454 g/mol. The molecule has 0 unspecified atom stereocenters. The Morgan fingerprint density at radius 2 is 2.13 bits per heavy atom. The van der Waals surface area contributed by atoms with E-state index in [4.69, 9.17) is 38.0 Å². The van der Waals surface area contributed by atoms with Crippen molar-refractivity contribution in [3.63, 3.8) is 0 Å². The molecule has 4 rings (SSSR count). The molecule has 0 spiro atoms. The van der Waals surface area contributed by atoms with Gasteiger partial charge in [-0.3, -0.25) is 9.69 Å². The topological polar surface area (TPSA) is 48.0 Å². The Balaban J connectivity index is 1.47. The minimum atomic E-state index is -0.0801. The maximum absolute atomic E-state index is 12.8. The lowest BCUT2D eigenvalue weighted by Crippen LogP contribution is -2.35. The van der Waals surface area contributed by atoms with Gasteiger partial charge in [-0.2, -0.15) is 0 Å². The Labute approximate surface area is 196 Å². The van der Waals surface area contributed by atoms with Crippen molar-refractivity contribution in [1.29, 1.82) is 0 Å². The summed E-state index contributed by atoms with van der Waals surface area (Å²) in [6.07, 6.45) is 3.88. The molecule has 2 saturated heterocycles. The molecule has 2 aliphatic heterocycles. The molecule has 2 aromatic carbocycles. The number of thioether (sulfide) groups is 1. The minimum absolute atomic E-state index is 0.0662. The van der Waals surface area contributed by atoms with Crippen molar-refractivity contribution in [2.24, 2.45) is 0 Å². The van der Waals surface area contributed by atoms with E-state index in [0.717, 1.165) is 30.6 Å². The minimum Gasteiger partial charge on any atom is -0.493 e. The molecule has 1 amide bonds. The Morgan fingerprint density at radius 1 is 1.29 bits per heavy atom. The van der Waals surface area contributed by atoms with Crippen molar-refractivity contribution in [2.75, 3.05) is 20.3 Å². The van der Waals surface area contributed by atoms with Crippen LogP contribution >= 0.6 is 35.6 Å². The Hall–Kier alpha value is -2.06. The molecule has 2 heterocycles. The number of halogens is 1. The van der Waals surface area contributed by atoms with Crippen LogP contribution in [0.5, 0.6) is 11.5 Å². The second kappa shape index (κ2) is 10.0. The number of hydrogen-bond donors (Lipinski definition) is 0. The summed E-state index contributed by atoms with van der Waals surface area (Å²) in [7, 11) is 1.59. The number of carbonyl (C=O) groups excluding carboxylic acids is 1. The maximum atomic E-state index is 12.8. The lowest BCUT2D eigenvalue weighted by Gasteiger charge is -2.18. The number of thiocarbonyl (C=S) groups is 1. The van der Waals surface area contributed by atoms with Crippen LogP contribution in [0, 0.1) is 0 Å². The van der Waals surface area contributed by atoms with E-state index in [1.165, 1.54) is 11.8 Å². The second-order valence-corrected chi connectivity index (χ2v) is 9.30. The fourth-order valence-electron chi connectivity index (χ4n) is 3.46. The SMILES string of the molecule is COc1cc(/C=C2/SC(=S)N(C[C@@H]3CCCO3)C2=O)ccc1OCc1ccccc1Cl. The summed E-state index contributed by atoms with van der Waals surface area (Å²) in [5, 5.41) is 0.656. The standard InChI is InChI=1S/C23H22ClNO4S2/c1-27-20-11-15(8-9-19(20)29-14-16-5-2-3-7-18(16)24)12-21-22(26)25(23(30)31-21)13-17-6-4-10-28-17/h2-3,5,7-9,11-12,17H,4,6,10,13-14H2,1H3/b21-12+/t17-/m0/s1. The number of amides is 1. The molecule has 0 N–H and O–H groups in total. The molecule has 162 valence electrons. The summed E-state index contributed by atoms with van der Waals surface area (Å²) in [6, 6.07) is 13.1. The van der Waals surface area contributed by atoms with Crippen LogP contribution < -0.4 is 9.47 Å². The van der Waals surface area contributed by atoms with Crippen LogP contribution in [-0.4, -0.2) is 41.5 Å². The Kier molecular flexibility index (Phi) is 7.17. The first-order chi connectivity index (χ1) is 15.0. The third-order valence-electron chi connectivity index (χ3n) is 5.11. The highest BCUT2D eigenvalue weighted by atomic mass is 35.5. The average molecular weight is 476 g/mol. The van der Waals surface area contributed by atoms with Crippen LogP contribution in [0.1, 0.15) is 24.0 Å². The predicted octanol–water partition coefficient (Wildman–Crippen LogP) is 5.31. The number of ether oxygens (including phenoxy) is 3. The highest BCUT2D eigenvalue weighted by Crippen LogP contribution is 2.35. The summed E-state index contributed by atoms with van der Waals surface area (Å²) >= 11 is 12.9. The van der Waals surface area contributed by atoms with E-state index in [-0.39, 0.29) is 12.0 Å². The zero-order valence-corrected chi connectivity index (χ0v) is 19.4. The quantitative estimate of drug-likeness (QED) is 0.399. The van der Waals surface area contributed by atoms with Gasteiger partial charge in [0.2, 0.25) is 0 Å². The van der Waals surface area contributed by atoms with Crippen LogP contribution in [0.2, 0.25) is 5.02 Å². The molecule has 2 aromatic rings. The lowest BCUT2D eigenvalue weighted by atomic mass is 10.1. The molecule has 31 heavy (non-hydrogen) atoms. The van der Waals surface area contributed by atoms with Crippen molar-refractivity contribution < 1.29 is 19.0 Å². The molecule has 0 saturated carbocycles. The first-order valence-corrected chi connectivity index (χ1v) is 11.6. The van der Waals surface area contributed by atoms with E-state index in [0.29, 0.717) is 38.9 Å². The van der Waals surface area contributed by atoms with Crippen molar-refractivity contribution in [2.45, 2.75) is 25.6 Å². The molecule has 1 atom stereocenters. The van der Waals surface area contributed by atoms with E-state index >= 15 is 0 Å². The molecule has 2 fully saturated rings. The largest absolute Gasteiger partial charge is 0.493 e. The lowest BCUT2D eigenvalue weighted by molar-refractivity contribution is -0.123. The van der Waals surface area contributed by atoms with E-state index in [1.807, 2.05) is 48.5 Å². The zero-order chi connectivity index (χ0) is 21.8. The Morgan fingerprint density at radius 3 is 2.87 bits per heavy atom. The molecule has 0 aromatic heterocycles. The Bertz CT molecular complexity index is 1020. The van der Waals surface area contributed by atoms with Crippen LogP contribution in [0.3, 0.4) is 0 Å². The van der Waals surface area contributed by atoms with Gasteiger partial charge >= 0.3 is 0 Å². The third kappa shape index (κ3) is 5.23. The zero-order valence-electron chi connectivity index (χ0n) is 17.0. The summed E-state index contributed by atoms with van der Waals surface area (Å²) in [5.74, 6) is 1.10. The first-order valence-electron chi connectivity index (χ1n) is 9.96. The predicted molar refractivity (Wildman–Crippen MR) is 128 cm³/mol. The van der Waals surface area contributed by atoms with Gasteiger partial charge in [0.25, 0.3) is 5.91 Å². The molecule has 8 heteroatoms. The van der Waals surface area contributed by atoms with Crippen LogP contribution in [0.4, 0.5) is 0 Å². The van der Waals surface area contributed by atoms with Gasteiger partial charge in [0.15, 0.2) is 11.5 Å². The number of carbonyl (C=O) groups is 1. The van der Waals surface area contributed by atoms with E-state index in [1.54, 1.807) is 12.0 Å². The van der Waals surface area contributed by atoms with Crippen molar-refractivity contribution in [3.8, 4) is 11.5 Å². The number of nitrogens with zero attached hydrogens (tertiary/aromatic N) is 1. The van der Waals surface area contributed by atoms with Crippen molar-refractivity contribution in [1.82, 2.24) is 4.90 Å². The van der Waals surface area contributed by atoms with Gasteiger partial charge in [-0.1, -0.05) is 59.8 Å². The fraction of sp³-hybridized carbons (Fsp3) is 0.304. The van der Waals surface area contributed by atoms with Crippen molar-refractivity contribution >= 4 is 51.9 Å². The highest BCUT2D eigenvalue weighted by molar-refractivity contribution is 8.26. The summed E-state index contributed by atoms with van der Waals surface area (Å²) in [5.41, 5.74) is 1.73. The molecule has 0 aliphatic carbocycles. The maximum Gasteiger partial charge on any atom is 0.266 e. The van der Waals surface area contributed by atoms with Gasteiger partial charge in [-0.25, -0.2) is 0 Å². The number of benzene rings is 2. The van der Waals surface area contributed by atoms with E-state index in [2.05, 4.69) is 0 Å². The highest BCUT2D eigenvalue weighted by Gasteiger charge is 2.34. The van der Waals surface area contributed by atoms with Crippen LogP contribution in [0.25, 0.3) is 6.08 Å². The normalized spacial score (nSPS) is 20.0. The average Bonchev–Trinajstić information content (AvgIpc) is 3.38. The van der Waals surface area contributed by atoms with Gasteiger partial charge in [-0.05, 0) is 42.7 Å². The molecule has 5 nitrogen and oxygen atoms in total. The first kappa shape index (κ1) is 22.1. The fourth-order valence-corrected chi connectivity index (χ4v) is 4.93.